The third kappa shape index (κ3) is 4.32. The summed E-state index contributed by atoms with van der Waals surface area (Å²) >= 11 is 0. The molecule has 0 aromatic heterocycles. The molecule has 4 fully saturated rings. The van der Waals surface area contributed by atoms with E-state index in [9.17, 15) is 35.7 Å². The highest BCUT2D eigenvalue weighted by Gasteiger charge is 2.67. The standard InChI is InChI=1S/C20H34O12/c1-7(21)5-28-9-3-10-12(9)14(23)17(26)19(31-10)32-20(29-6-8(2)22)4-11-13(20)15(24)16(25)18(27)30-11/h7-19,21-27H,3-6H2,1-2H3/t7?,8?,9?,10-,11-,12-,13-,14+,15+,16-,17?,18+,19-,20?/m0/s1. The van der Waals surface area contributed by atoms with Crippen molar-refractivity contribution in [3.8, 4) is 0 Å². The van der Waals surface area contributed by atoms with E-state index >= 15 is 0 Å². The summed E-state index contributed by atoms with van der Waals surface area (Å²) < 4.78 is 28.5. The summed E-state index contributed by atoms with van der Waals surface area (Å²) in [6.07, 6.45) is -11.2. The first kappa shape index (κ1) is 24.6. The van der Waals surface area contributed by atoms with Crippen molar-refractivity contribution in [3.63, 3.8) is 0 Å². The van der Waals surface area contributed by atoms with E-state index in [1.54, 1.807) is 6.92 Å². The van der Waals surface area contributed by atoms with E-state index in [2.05, 4.69) is 0 Å². The third-order valence-corrected chi connectivity index (χ3v) is 6.81. The van der Waals surface area contributed by atoms with Gasteiger partial charge in [-0.15, -0.1) is 0 Å². The van der Waals surface area contributed by atoms with E-state index < -0.39 is 79.0 Å². The Kier molecular flexibility index (Phi) is 7.15. The van der Waals surface area contributed by atoms with Gasteiger partial charge in [-0.25, -0.2) is 0 Å². The number of fused-ring (bicyclic) bond motifs is 2. The molecule has 7 N–H and O–H groups in total. The Labute approximate surface area is 185 Å². The van der Waals surface area contributed by atoms with Crippen molar-refractivity contribution in [1.82, 2.24) is 0 Å². The molecule has 0 radical (unpaired) electrons. The van der Waals surface area contributed by atoms with E-state index in [4.69, 9.17) is 23.7 Å². The van der Waals surface area contributed by atoms with Gasteiger partial charge in [0.1, 0.15) is 12.2 Å². The molecule has 2 saturated carbocycles. The molecule has 0 spiro atoms. The van der Waals surface area contributed by atoms with E-state index in [0.717, 1.165) is 0 Å². The minimum absolute atomic E-state index is 0.0438. The lowest BCUT2D eigenvalue weighted by molar-refractivity contribution is -0.456. The summed E-state index contributed by atoms with van der Waals surface area (Å²) in [5.41, 5.74) is 0. The van der Waals surface area contributed by atoms with Crippen LogP contribution < -0.4 is 0 Å². The zero-order valence-corrected chi connectivity index (χ0v) is 18.0. The molecule has 186 valence electrons. The van der Waals surface area contributed by atoms with Crippen LogP contribution in [0.1, 0.15) is 26.7 Å². The number of aliphatic hydroxyl groups excluding tert-OH is 7. The zero-order valence-electron chi connectivity index (χ0n) is 18.0. The summed E-state index contributed by atoms with van der Waals surface area (Å²) in [6, 6.07) is 0. The second kappa shape index (κ2) is 9.29. The van der Waals surface area contributed by atoms with Crippen molar-refractivity contribution < 1.29 is 59.4 Å². The second-order valence-corrected chi connectivity index (χ2v) is 9.42. The minimum atomic E-state index is -1.60. The van der Waals surface area contributed by atoms with Crippen LogP contribution in [0.3, 0.4) is 0 Å². The van der Waals surface area contributed by atoms with Crippen molar-refractivity contribution in [1.29, 1.82) is 0 Å². The van der Waals surface area contributed by atoms with Crippen LogP contribution in [0, 0.1) is 11.8 Å². The third-order valence-electron chi connectivity index (χ3n) is 6.81. The quantitative estimate of drug-likeness (QED) is 0.178. The van der Waals surface area contributed by atoms with Crippen molar-refractivity contribution in [2.24, 2.45) is 11.8 Å². The smallest absolute Gasteiger partial charge is 0.189 e. The molecule has 12 nitrogen and oxygen atoms in total. The Morgan fingerprint density at radius 1 is 0.875 bits per heavy atom. The van der Waals surface area contributed by atoms with E-state index in [1.165, 1.54) is 6.92 Å². The van der Waals surface area contributed by atoms with Gasteiger partial charge in [-0.05, 0) is 13.8 Å². The Bertz CT molecular complexity index is 648. The highest BCUT2D eigenvalue weighted by molar-refractivity contribution is 5.09. The van der Waals surface area contributed by atoms with Crippen LogP contribution in [0.15, 0.2) is 0 Å². The molecule has 12 heteroatoms. The zero-order chi connectivity index (χ0) is 23.4. The van der Waals surface area contributed by atoms with Gasteiger partial charge < -0.3 is 59.4 Å². The average Bonchev–Trinajstić information content (AvgIpc) is 2.68. The van der Waals surface area contributed by atoms with Crippen molar-refractivity contribution in [2.75, 3.05) is 13.2 Å². The van der Waals surface area contributed by atoms with Crippen molar-refractivity contribution in [3.05, 3.63) is 0 Å². The van der Waals surface area contributed by atoms with Gasteiger partial charge in [-0.2, -0.15) is 0 Å². The van der Waals surface area contributed by atoms with Crippen molar-refractivity contribution >= 4 is 0 Å². The molecule has 14 atom stereocenters. The normalized spacial score (nSPS) is 52.2. The molecule has 2 aliphatic carbocycles. The van der Waals surface area contributed by atoms with Gasteiger partial charge in [0.2, 0.25) is 0 Å². The first-order valence-corrected chi connectivity index (χ1v) is 11.0. The number of rotatable bonds is 8. The Hall–Kier alpha value is -0.480. The monoisotopic (exact) mass is 466 g/mol. The topological polar surface area (TPSA) is 188 Å². The number of hydrogen-bond acceptors (Lipinski definition) is 12. The summed E-state index contributed by atoms with van der Waals surface area (Å²) in [4.78, 5) is 0. The Balaban J connectivity index is 1.46. The highest BCUT2D eigenvalue weighted by atomic mass is 16.8. The minimum Gasteiger partial charge on any atom is -0.391 e. The Morgan fingerprint density at radius 3 is 2.22 bits per heavy atom. The second-order valence-electron chi connectivity index (χ2n) is 9.42. The predicted molar refractivity (Wildman–Crippen MR) is 103 cm³/mol. The van der Waals surface area contributed by atoms with Crippen LogP contribution in [0.4, 0.5) is 0 Å². The molecule has 4 rings (SSSR count). The molecule has 4 aliphatic rings. The lowest BCUT2D eigenvalue weighted by Gasteiger charge is -2.60. The maximum atomic E-state index is 10.7. The highest BCUT2D eigenvalue weighted by Crippen LogP contribution is 2.52. The molecule has 32 heavy (non-hydrogen) atoms. The molecule has 2 aliphatic heterocycles. The maximum absolute atomic E-state index is 10.7. The first-order valence-electron chi connectivity index (χ1n) is 11.0. The van der Waals surface area contributed by atoms with Gasteiger partial charge in [0.25, 0.3) is 0 Å². The van der Waals surface area contributed by atoms with Crippen LogP contribution in [-0.4, -0.2) is 122 Å². The average molecular weight is 466 g/mol. The van der Waals surface area contributed by atoms with E-state index in [1.807, 2.05) is 0 Å². The van der Waals surface area contributed by atoms with Crippen LogP contribution in [0.25, 0.3) is 0 Å². The lowest BCUT2D eigenvalue weighted by atomic mass is 9.68. The number of ether oxygens (including phenoxy) is 5. The fourth-order valence-electron chi connectivity index (χ4n) is 5.05. The van der Waals surface area contributed by atoms with Crippen LogP contribution in [0.5, 0.6) is 0 Å². The van der Waals surface area contributed by atoms with Gasteiger partial charge in [0.05, 0.1) is 61.9 Å². The van der Waals surface area contributed by atoms with Gasteiger partial charge >= 0.3 is 0 Å². The van der Waals surface area contributed by atoms with Gasteiger partial charge in [-0.1, -0.05) is 0 Å². The van der Waals surface area contributed by atoms with Crippen LogP contribution in [0.2, 0.25) is 0 Å². The maximum Gasteiger partial charge on any atom is 0.189 e. The summed E-state index contributed by atoms with van der Waals surface area (Å²) in [7, 11) is 0. The van der Waals surface area contributed by atoms with E-state index in [-0.39, 0.29) is 25.7 Å². The largest absolute Gasteiger partial charge is 0.391 e. The SMILES string of the molecule is CC(O)COC1C[C@@H]2O[C@@H](OC3(OCC(C)O)C[C@@H]4O[C@@H](O)[C@@H](O)[C@H](O)[C@H]43)C(O)[C@H](O)[C@@H]12. The predicted octanol–water partition coefficient (Wildman–Crippen LogP) is -3.21. The fourth-order valence-corrected chi connectivity index (χ4v) is 5.05. The van der Waals surface area contributed by atoms with Crippen LogP contribution >= 0.6 is 0 Å². The first-order chi connectivity index (χ1) is 15.0. The number of aliphatic hydroxyl groups is 7. The molecule has 0 amide bonds. The molecule has 2 saturated heterocycles. The molecular weight excluding hydrogens is 432 g/mol. The molecule has 0 aromatic carbocycles. The molecule has 0 aromatic rings. The summed E-state index contributed by atoms with van der Waals surface area (Å²) in [5.74, 6) is -2.99. The Morgan fingerprint density at radius 2 is 1.56 bits per heavy atom. The van der Waals surface area contributed by atoms with Gasteiger partial charge in [0.15, 0.2) is 18.4 Å². The van der Waals surface area contributed by atoms with E-state index in [0.29, 0.717) is 6.42 Å². The summed E-state index contributed by atoms with van der Waals surface area (Å²) in [6.45, 7) is 3.02. The van der Waals surface area contributed by atoms with Crippen molar-refractivity contribution in [2.45, 2.75) is 100.0 Å². The molecule has 5 unspecified atom stereocenters. The van der Waals surface area contributed by atoms with Crippen LogP contribution in [-0.2, 0) is 23.7 Å². The van der Waals surface area contributed by atoms with Gasteiger partial charge in [0, 0.05) is 18.8 Å². The summed E-state index contributed by atoms with van der Waals surface area (Å²) in [5, 5.41) is 70.7. The molecular formula is C20H34O12. The van der Waals surface area contributed by atoms with Gasteiger partial charge in [-0.3, -0.25) is 0 Å². The molecule has 0 bridgehead atoms. The fraction of sp³-hybridized carbons (Fsp3) is 1.00. The lowest BCUT2D eigenvalue weighted by Crippen LogP contribution is -2.74. The molecule has 2 heterocycles. The number of hydrogen-bond donors (Lipinski definition) is 7.